The molecule has 0 unspecified atom stereocenters. The summed E-state index contributed by atoms with van der Waals surface area (Å²) in [6.07, 6.45) is 2.31. The number of carbonyl (C=O) groups is 2. The number of fused-ring (bicyclic) bond motifs is 2. The average molecular weight is 1150 g/mol. The summed E-state index contributed by atoms with van der Waals surface area (Å²) >= 11 is 0. The molecule has 0 aliphatic heterocycles. The Labute approximate surface area is 484 Å². The number of aryl methyl sites for hydroxylation is 1. The van der Waals surface area contributed by atoms with Gasteiger partial charge in [0.25, 0.3) is 11.8 Å². The molecule has 1 aromatic heterocycles. The Morgan fingerprint density at radius 3 is 1.65 bits per heavy atom. The number of nitrogen functional groups attached to an aromatic ring is 2. The predicted molar refractivity (Wildman–Crippen MR) is 324 cm³/mol. The van der Waals surface area contributed by atoms with Crippen LogP contribution in [0.1, 0.15) is 102 Å². The van der Waals surface area contributed by atoms with Gasteiger partial charge in [-0.25, -0.2) is 4.98 Å². The third kappa shape index (κ3) is 15.1. The van der Waals surface area contributed by atoms with Crippen molar-refractivity contribution in [3.8, 4) is 16.8 Å². The lowest BCUT2D eigenvalue weighted by atomic mass is 10.0. The van der Waals surface area contributed by atoms with Crippen LogP contribution in [0.15, 0.2) is 174 Å². The van der Waals surface area contributed by atoms with Gasteiger partial charge in [-0.1, -0.05) is 92.4 Å². The zero-order chi connectivity index (χ0) is 59.4. The van der Waals surface area contributed by atoms with E-state index in [1.54, 1.807) is 24.3 Å². The van der Waals surface area contributed by atoms with Crippen LogP contribution in [0.3, 0.4) is 0 Å². The van der Waals surface area contributed by atoms with Gasteiger partial charge in [0.05, 0.1) is 28.2 Å². The van der Waals surface area contributed by atoms with Crippen molar-refractivity contribution in [3.63, 3.8) is 0 Å². The topological polar surface area (TPSA) is 175 Å². The van der Waals surface area contributed by atoms with Crippen molar-refractivity contribution in [2.45, 2.75) is 84.0 Å². The van der Waals surface area contributed by atoms with Gasteiger partial charge in [-0.2, -0.15) is 26.3 Å². The second kappa shape index (κ2) is 26.8. The number of nitrogens with one attached hydrogen (secondary N) is 5. The number of halogens is 6. The van der Waals surface area contributed by atoms with E-state index in [9.17, 15) is 35.9 Å². The lowest BCUT2D eigenvalue weighted by Gasteiger charge is -2.18. The zero-order valence-corrected chi connectivity index (χ0v) is 46.8. The average Bonchev–Trinajstić information content (AvgIpc) is 3.48. The van der Waals surface area contributed by atoms with Crippen molar-refractivity contribution in [1.29, 1.82) is 0 Å². The van der Waals surface area contributed by atoms with Gasteiger partial charge >= 0.3 is 12.4 Å². The summed E-state index contributed by atoms with van der Waals surface area (Å²) in [5, 5.41) is 16.2. The van der Waals surface area contributed by atoms with Crippen molar-refractivity contribution in [3.05, 3.63) is 197 Å². The third-order valence-corrected chi connectivity index (χ3v) is 14.7. The monoisotopic (exact) mass is 1150 g/mol. The largest absolute Gasteiger partial charge is 0.418 e. The fourth-order valence-electron chi connectivity index (χ4n) is 10.2. The normalized spacial score (nSPS) is 13.2. The number of nitrogens with two attached hydrogens (primary N) is 2. The Kier molecular flexibility index (Phi) is 19.0. The number of nitrogens with zero attached hydrogens (tertiary/aromatic N) is 3. The molecule has 0 radical (unpaired) electrons. The number of hydrogen-bond acceptors (Lipinski definition) is 9. The quantitative estimate of drug-likeness (QED) is 0.0109. The number of hydrogen-bond donors (Lipinski definition) is 7. The van der Waals surface area contributed by atoms with Gasteiger partial charge in [0.15, 0.2) is 0 Å². The highest BCUT2D eigenvalue weighted by Gasteiger charge is 2.36. The molecule has 7 aromatic carbocycles. The van der Waals surface area contributed by atoms with Crippen molar-refractivity contribution >= 4 is 73.7 Å². The maximum atomic E-state index is 13.8. The number of carbonyl (C=O) groups excluding carboxylic acids is 2. The maximum absolute atomic E-state index is 13.8. The van der Waals surface area contributed by atoms with Crippen molar-refractivity contribution in [2.75, 3.05) is 48.3 Å². The Hall–Kier alpha value is -9.19. The summed E-state index contributed by atoms with van der Waals surface area (Å²) in [5.74, 6) is -0.292. The summed E-state index contributed by atoms with van der Waals surface area (Å²) in [7, 11) is 0. The molecule has 9 rings (SSSR count). The molecule has 0 atom stereocenters. The van der Waals surface area contributed by atoms with E-state index in [0.717, 1.165) is 115 Å². The molecule has 0 spiro atoms. The molecule has 434 valence electrons. The number of benzene rings is 7. The molecule has 84 heavy (non-hydrogen) atoms. The van der Waals surface area contributed by atoms with Gasteiger partial charge in [-0.05, 0) is 129 Å². The molecule has 0 bridgehead atoms. The molecule has 0 saturated heterocycles. The van der Waals surface area contributed by atoms with Gasteiger partial charge in [0.1, 0.15) is 11.0 Å². The van der Waals surface area contributed by atoms with E-state index in [-0.39, 0.29) is 34.4 Å². The molecule has 12 nitrogen and oxygen atoms in total. The van der Waals surface area contributed by atoms with Crippen LogP contribution >= 0.6 is 0 Å². The molecule has 0 fully saturated rings. The molecule has 2 amide bonds. The van der Waals surface area contributed by atoms with Gasteiger partial charge in [0, 0.05) is 96.5 Å². The Balaban J connectivity index is 0.652. The molecule has 1 aliphatic carbocycles. The van der Waals surface area contributed by atoms with E-state index < -0.39 is 23.5 Å². The number of aliphatic imine (C=N–C) groups is 1. The number of allylic oxidation sites excluding steroid dienone is 3. The molecule has 18 heteroatoms. The third-order valence-electron chi connectivity index (χ3n) is 14.7. The highest BCUT2D eigenvalue weighted by Crippen LogP contribution is 2.41. The minimum absolute atomic E-state index is 0.144. The van der Waals surface area contributed by atoms with E-state index >= 15 is 0 Å². The van der Waals surface area contributed by atoms with Crippen molar-refractivity contribution < 1.29 is 40.5 Å². The second-order valence-electron chi connectivity index (χ2n) is 20.9. The molecule has 9 N–H and O–H groups in total. The van der Waals surface area contributed by atoms with Crippen LogP contribution in [0.2, 0.25) is 0 Å². The zero-order valence-electron chi connectivity index (χ0n) is 46.8. The minimum atomic E-state index is -4.63. The molecular formula is C66H67F6N10O2+. The first-order valence-electron chi connectivity index (χ1n) is 28.2. The van der Waals surface area contributed by atoms with E-state index in [4.69, 9.17) is 11.5 Å². The minimum Gasteiger partial charge on any atom is -0.398 e. The van der Waals surface area contributed by atoms with E-state index in [1.165, 1.54) is 12.1 Å². The van der Waals surface area contributed by atoms with Gasteiger partial charge in [0.2, 0.25) is 16.7 Å². The van der Waals surface area contributed by atoms with Crippen LogP contribution in [0, 0.1) is 6.92 Å². The first-order valence-corrected chi connectivity index (χ1v) is 28.2. The first kappa shape index (κ1) is 59.4. The molecule has 8 aromatic rings. The van der Waals surface area contributed by atoms with Crippen LogP contribution in [0.5, 0.6) is 0 Å². The summed E-state index contributed by atoms with van der Waals surface area (Å²) in [4.78, 5) is 35.2. The number of amides is 2. The standard InChI is InChI=1S/C66H66F6N10O2/c1-42-35-49(80-57-37-51(65(67,68)69)53(73)39-58(57)79-48-17-9-7-10-18-48)29-30-55(42)75-31-13-3-5-15-33-77-63(83)46-25-21-44(22-26-46)45-23-27-47(28-24-45)64(84)78-34-16-6-4-14-32-76-56-41-62-59(36-43(56)2)81-60-38-52(66(70,71)72)54(74)40-61(60)82(62)50-19-11-8-12-20-50/h7-12,17-28,30,35-41,75,79H,3-6,13-16,29,31-34,73H2,1-2H3,(H4,74,76,77,78,83,84)/p+1. The summed E-state index contributed by atoms with van der Waals surface area (Å²) < 4.78 is 84.8. The number of rotatable bonds is 23. The lowest BCUT2D eigenvalue weighted by Crippen LogP contribution is -2.33. The maximum Gasteiger partial charge on any atom is 0.418 e. The van der Waals surface area contributed by atoms with Crippen molar-refractivity contribution in [2.24, 2.45) is 4.99 Å². The fraction of sp³-hybridized carbons (Fsp3) is 0.258. The first-order chi connectivity index (χ1) is 40.4. The summed E-state index contributed by atoms with van der Waals surface area (Å²) in [6.45, 7) is 6.42. The summed E-state index contributed by atoms with van der Waals surface area (Å²) in [5.41, 5.74) is 20.4. The number of alkyl halides is 6. The molecule has 1 heterocycles. The highest BCUT2D eigenvalue weighted by molar-refractivity contribution is 6.01. The van der Waals surface area contributed by atoms with Crippen LogP contribution in [0.4, 0.5) is 60.5 Å². The number of unbranched alkanes of at least 4 members (excludes halogenated alkanes) is 6. The van der Waals surface area contributed by atoms with Crippen molar-refractivity contribution in [1.82, 2.24) is 20.9 Å². The van der Waals surface area contributed by atoms with E-state index in [2.05, 4.69) is 36.6 Å². The Morgan fingerprint density at radius 1 is 0.571 bits per heavy atom. The lowest BCUT2D eigenvalue weighted by molar-refractivity contribution is -0.538. The number of para-hydroxylation sites is 2. The Bertz CT molecular complexity index is 3730. The SMILES string of the molecule is CC1=CC(=Nc2cc(C(F)(F)F)c(N)cc2Nc2ccccc2)CC=C1NCCCCCCNC(=O)c1ccc(-c2ccc(C(=O)NCCCCCCNc3cc4c(cc3C)nc3cc(C(F)(F)F)c(N)cc3[n+]4-c3ccccc3)cc2)cc1. The number of aromatic nitrogens is 2. The number of anilines is 5. The predicted octanol–water partition coefficient (Wildman–Crippen LogP) is 14.9. The van der Waals surface area contributed by atoms with Gasteiger partial charge < -0.3 is 38.1 Å². The van der Waals surface area contributed by atoms with Gasteiger partial charge in [-0.3, -0.25) is 14.6 Å². The van der Waals surface area contributed by atoms with Crippen LogP contribution < -0.4 is 42.6 Å². The molecule has 0 saturated carbocycles. The van der Waals surface area contributed by atoms with E-state index in [0.29, 0.717) is 65.3 Å². The van der Waals surface area contributed by atoms with E-state index in [1.807, 2.05) is 128 Å². The second-order valence-corrected chi connectivity index (χ2v) is 20.9. The fourth-order valence-corrected chi connectivity index (χ4v) is 10.2. The summed E-state index contributed by atoms with van der Waals surface area (Å²) in [6, 6.07) is 41.8. The van der Waals surface area contributed by atoms with Crippen LogP contribution in [-0.4, -0.2) is 48.7 Å². The van der Waals surface area contributed by atoms with Crippen LogP contribution in [-0.2, 0) is 12.4 Å². The molecule has 1 aliphatic rings. The molecular weight excluding hydrogens is 1080 g/mol. The smallest absolute Gasteiger partial charge is 0.398 e. The highest BCUT2D eigenvalue weighted by atomic mass is 19.4. The Morgan fingerprint density at radius 2 is 1.08 bits per heavy atom. The van der Waals surface area contributed by atoms with Crippen LogP contribution in [0.25, 0.3) is 38.9 Å². The van der Waals surface area contributed by atoms with Gasteiger partial charge in [-0.15, -0.1) is 4.57 Å².